The van der Waals surface area contributed by atoms with E-state index in [9.17, 15) is 30.8 Å². The maximum Gasteiger partial charge on any atom is 0.266 e. The molecule has 1 amide bonds. The fraction of sp³-hybridized carbons (Fsp3) is 0.462. The monoisotopic (exact) mass is 565 g/mol. The fourth-order valence-electron chi connectivity index (χ4n) is 5.51. The third kappa shape index (κ3) is 4.75. The Kier molecular flexibility index (Phi) is 6.14. The van der Waals surface area contributed by atoms with Gasteiger partial charge in [0.1, 0.15) is 6.04 Å². The Morgan fingerprint density at radius 1 is 0.974 bits per heavy atom. The second-order valence-electron chi connectivity index (χ2n) is 10.4. The van der Waals surface area contributed by atoms with E-state index in [2.05, 4.69) is 9.97 Å². The second-order valence-corrected chi connectivity index (χ2v) is 12.3. The van der Waals surface area contributed by atoms with Crippen LogP contribution in [0.3, 0.4) is 0 Å². The molecule has 5 heterocycles. The number of rotatable bonds is 5. The highest BCUT2D eigenvalue weighted by molar-refractivity contribution is 7.89. The normalized spacial score (nSPS) is 23.2. The average molecular weight is 566 g/mol. The molecule has 1 aromatic carbocycles. The van der Waals surface area contributed by atoms with Crippen LogP contribution in [0.4, 0.5) is 23.2 Å². The molecular weight excluding hydrogens is 538 g/mol. The predicted molar refractivity (Wildman–Crippen MR) is 136 cm³/mol. The quantitative estimate of drug-likeness (QED) is 0.471. The molecule has 6 rings (SSSR count). The van der Waals surface area contributed by atoms with E-state index in [0.717, 1.165) is 4.31 Å². The van der Waals surface area contributed by atoms with Crippen LogP contribution in [0.25, 0.3) is 22.3 Å². The number of sulfonamides is 1. The van der Waals surface area contributed by atoms with Gasteiger partial charge < -0.3 is 14.8 Å². The smallest absolute Gasteiger partial charge is 0.266 e. The van der Waals surface area contributed by atoms with Gasteiger partial charge in [-0.3, -0.25) is 9.78 Å². The fourth-order valence-corrected chi connectivity index (χ4v) is 7.16. The highest BCUT2D eigenvalue weighted by Gasteiger charge is 2.46. The van der Waals surface area contributed by atoms with Crippen LogP contribution in [0.2, 0.25) is 0 Å². The zero-order valence-electron chi connectivity index (χ0n) is 20.9. The van der Waals surface area contributed by atoms with Crippen molar-refractivity contribution in [1.29, 1.82) is 0 Å². The average Bonchev–Trinajstić information content (AvgIpc) is 3.45. The summed E-state index contributed by atoms with van der Waals surface area (Å²) in [5.41, 5.74) is 2.76. The largest absolute Gasteiger partial charge is 0.365 e. The van der Waals surface area contributed by atoms with Crippen molar-refractivity contribution in [2.75, 3.05) is 37.6 Å². The highest BCUT2D eigenvalue weighted by atomic mass is 32.2. The van der Waals surface area contributed by atoms with E-state index in [4.69, 9.17) is 0 Å². The van der Waals surface area contributed by atoms with Crippen LogP contribution in [0, 0.1) is 0 Å². The number of carbonyl (C=O) groups excluding carboxylic acids is 1. The number of aromatic nitrogens is 2. The Hall–Kier alpha value is -3.19. The Bertz CT molecular complexity index is 1500. The van der Waals surface area contributed by atoms with Crippen molar-refractivity contribution in [2.24, 2.45) is 0 Å². The molecule has 0 bridgehead atoms. The van der Waals surface area contributed by atoms with Gasteiger partial charge in [0.2, 0.25) is 15.9 Å². The van der Waals surface area contributed by atoms with Crippen LogP contribution in [0.1, 0.15) is 25.7 Å². The van der Waals surface area contributed by atoms with Gasteiger partial charge in [-0.2, -0.15) is 4.31 Å². The maximum absolute atomic E-state index is 14.1. The minimum absolute atomic E-state index is 0.0819. The summed E-state index contributed by atoms with van der Waals surface area (Å²) >= 11 is 0. The highest BCUT2D eigenvalue weighted by Crippen LogP contribution is 2.40. The standard InChI is InChI=1S/C26H27F4N5O3S/c27-25(28)6-11-33(12-7-25)24(36)23-5-10-35(23)39(37,38)17-3-4-22(34-13-8-26(29,30)16-34)18(14-17)20-15-21-19(32-20)2-1-9-31-21/h1-4,9,14-15,23,32H,5-8,10-13,16H2/t23-/m0/s1. The Balaban J connectivity index is 1.33. The number of likely N-dealkylation sites (tertiary alicyclic amines) is 1. The summed E-state index contributed by atoms with van der Waals surface area (Å²) in [6, 6.07) is 8.66. The number of hydrogen-bond donors (Lipinski definition) is 1. The van der Waals surface area contributed by atoms with Gasteiger partial charge in [-0.15, -0.1) is 0 Å². The van der Waals surface area contributed by atoms with E-state index in [1.807, 2.05) is 6.07 Å². The first-order chi connectivity index (χ1) is 18.4. The molecule has 3 aliphatic heterocycles. The van der Waals surface area contributed by atoms with E-state index in [-0.39, 0.29) is 37.5 Å². The van der Waals surface area contributed by atoms with Crippen molar-refractivity contribution < 1.29 is 30.8 Å². The Labute approximate surface area is 222 Å². The number of fused-ring (bicyclic) bond motifs is 1. The van der Waals surface area contributed by atoms with E-state index in [1.165, 1.54) is 28.0 Å². The number of carbonyl (C=O) groups is 1. The summed E-state index contributed by atoms with van der Waals surface area (Å²) in [5, 5.41) is 0. The van der Waals surface area contributed by atoms with E-state index < -0.39 is 53.2 Å². The molecule has 3 aliphatic rings. The molecule has 3 fully saturated rings. The lowest BCUT2D eigenvalue weighted by atomic mass is 10.0. The summed E-state index contributed by atoms with van der Waals surface area (Å²) in [6.45, 7) is -0.493. The van der Waals surface area contributed by atoms with Crippen molar-refractivity contribution in [3.05, 3.63) is 42.6 Å². The second kappa shape index (κ2) is 9.19. The molecule has 0 radical (unpaired) electrons. The van der Waals surface area contributed by atoms with Crippen LogP contribution < -0.4 is 4.90 Å². The molecule has 2 aromatic heterocycles. The minimum Gasteiger partial charge on any atom is -0.365 e. The summed E-state index contributed by atoms with van der Waals surface area (Å²) in [7, 11) is -4.14. The van der Waals surface area contributed by atoms with Gasteiger partial charge in [-0.05, 0) is 42.8 Å². The van der Waals surface area contributed by atoms with Crippen molar-refractivity contribution in [2.45, 2.75) is 48.5 Å². The van der Waals surface area contributed by atoms with Gasteiger partial charge in [0.15, 0.2) is 0 Å². The lowest BCUT2D eigenvalue weighted by Gasteiger charge is -2.42. The first kappa shape index (κ1) is 26.1. The number of anilines is 1. The molecule has 0 spiro atoms. The Morgan fingerprint density at radius 3 is 2.36 bits per heavy atom. The SMILES string of the molecule is O=C([C@@H]1CCN1S(=O)(=O)c1ccc(N2CCC(F)(F)C2)c(-c2cc3ncccc3[nH]2)c1)N1CCC(F)(F)CC1. The number of halogens is 4. The summed E-state index contributed by atoms with van der Waals surface area (Å²) in [4.78, 5) is 23.3. The lowest BCUT2D eigenvalue weighted by molar-refractivity contribution is -0.144. The van der Waals surface area contributed by atoms with Crippen molar-refractivity contribution in [3.63, 3.8) is 0 Å². The third-order valence-electron chi connectivity index (χ3n) is 7.83. The number of amides is 1. The molecule has 0 aliphatic carbocycles. The zero-order valence-corrected chi connectivity index (χ0v) is 21.7. The third-order valence-corrected chi connectivity index (χ3v) is 9.73. The zero-order chi connectivity index (χ0) is 27.6. The predicted octanol–water partition coefficient (Wildman–Crippen LogP) is 4.10. The van der Waals surface area contributed by atoms with Crippen molar-refractivity contribution in [1.82, 2.24) is 19.2 Å². The summed E-state index contributed by atoms with van der Waals surface area (Å²) < 4.78 is 83.8. The summed E-state index contributed by atoms with van der Waals surface area (Å²) in [5.74, 6) is -6.15. The van der Waals surface area contributed by atoms with Gasteiger partial charge in [-0.1, -0.05) is 0 Å². The van der Waals surface area contributed by atoms with Crippen LogP contribution in [0.5, 0.6) is 0 Å². The topological polar surface area (TPSA) is 89.6 Å². The molecule has 0 unspecified atom stereocenters. The van der Waals surface area contributed by atoms with Crippen LogP contribution in [0.15, 0.2) is 47.5 Å². The van der Waals surface area contributed by atoms with Crippen molar-refractivity contribution >= 4 is 32.7 Å². The van der Waals surface area contributed by atoms with Crippen LogP contribution in [-0.4, -0.2) is 84.1 Å². The first-order valence-electron chi connectivity index (χ1n) is 12.8. The Morgan fingerprint density at radius 2 is 1.72 bits per heavy atom. The van der Waals surface area contributed by atoms with E-state index >= 15 is 0 Å². The van der Waals surface area contributed by atoms with Gasteiger partial charge in [-0.25, -0.2) is 26.0 Å². The molecular formula is C26H27F4N5O3S. The van der Waals surface area contributed by atoms with Gasteiger partial charge in [0, 0.05) is 62.9 Å². The number of nitrogens with one attached hydrogen (secondary N) is 1. The number of nitrogens with zero attached hydrogens (tertiary/aromatic N) is 4. The lowest BCUT2D eigenvalue weighted by Crippen LogP contribution is -2.60. The molecule has 3 aromatic rings. The molecule has 13 heteroatoms. The molecule has 1 N–H and O–H groups in total. The van der Waals surface area contributed by atoms with Crippen LogP contribution >= 0.6 is 0 Å². The molecule has 1 atom stereocenters. The first-order valence-corrected chi connectivity index (χ1v) is 14.3. The number of benzene rings is 1. The van der Waals surface area contributed by atoms with Gasteiger partial charge in [0.25, 0.3) is 11.8 Å². The molecule has 39 heavy (non-hydrogen) atoms. The van der Waals surface area contributed by atoms with Crippen molar-refractivity contribution in [3.8, 4) is 11.3 Å². The number of aromatic amines is 1. The molecule has 3 saturated heterocycles. The number of pyridine rings is 1. The number of H-pyrrole nitrogens is 1. The van der Waals surface area contributed by atoms with Gasteiger partial charge >= 0.3 is 0 Å². The molecule has 208 valence electrons. The number of piperidine rings is 1. The number of hydrogen-bond acceptors (Lipinski definition) is 5. The maximum atomic E-state index is 14.1. The molecule has 0 saturated carbocycles. The molecule has 8 nitrogen and oxygen atoms in total. The van der Waals surface area contributed by atoms with Crippen LogP contribution in [-0.2, 0) is 14.8 Å². The van der Waals surface area contributed by atoms with E-state index in [1.54, 1.807) is 18.3 Å². The van der Waals surface area contributed by atoms with Gasteiger partial charge in [0.05, 0.1) is 28.2 Å². The number of alkyl halides is 4. The van der Waals surface area contributed by atoms with E-state index in [0.29, 0.717) is 34.4 Å². The minimum atomic E-state index is -4.14. The summed E-state index contributed by atoms with van der Waals surface area (Å²) in [6.07, 6.45) is 0.719.